The number of hydrogen-bond acceptors (Lipinski definition) is 4. The van der Waals surface area contributed by atoms with Gasteiger partial charge in [-0.1, -0.05) is 17.7 Å². The van der Waals surface area contributed by atoms with E-state index in [4.69, 9.17) is 16.0 Å². The highest BCUT2D eigenvalue weighted by molar-refractivity contribution is 6.30. The summed E-state index contributed by atoms with van der Waals surface area (Å²) in [5, 5.41) is 1.68. The molecule has 4 heterocycles. The van der Waals surface area contributed by atoms with Crippen molar-refractivity contribution in [1.29, 1.82) is 0 Å². The van der Waals surface area contributed by atoms with Crippen LogP contribution in [-0.2, 0) is 6.54 Å². The van der Waals surface area contributed by atoms with Crippen LogP contribution in [0.2, 0.25) is 5.02 Å². The highest BCUT2D eigenvalue weighted by Gasteiger charge is 2.36. The van der Waals surface area contributed by atoms with Crippen LogP contribution in [0, 0.1) is 5.92 Å². The van der Waals surface area contributed by atoms with Crippen molar-refractivity contribution < 1.29 is 9.21 Å². The van der Waals surface area contributed by atoms with Gasteiger partial charge in [0.25, 0.3) is 11.5 Å². The van der Waals surface area contributed by atoms with Gasteiger partial charge in [-0.2, -0.15) is 0 Å². The lowest BCUT2D eigenvalue weighted by molar-refractivity contribution is 0.0594. The van der Waals surface area contributed by atoms with Crippen LogP contribution in [0.25, 0.3) is 22.1 Å². The molecule has 0 aliphatic carbocycles. The number of piperidine rings is 1. The lowest BCUT2D eigenvalue weighted by Gasteiger charge is -2.42. The van der Waals surface area contributed by atoms with Crippen molar-refractivity contribution in [2.24, 2.45) is 5.92 Å². The number of rotatable bonds is 2. The zero-order valence-electron chi connectivity index (χ0n) is 18.2. The van der Waals surface area contributed by atoms with E-state index in [0.717, 1.165) is 17.7 Å². The molecule has 0 radical (unpaired) electrons. The average Bonchev–Trinajstić information content (AvgIpc) is 2.84. The summed E-state index contributed by atoms with van der Waals surface area (Å²) in [6, 6.07) is 19.3. The molecule has 0 N–H and O–H groups in total. The van der Waals surface area contributed by atoms with Gasteiger partial charge >= 0.3 is 5.63 Å². The third kappa shape index (κ3) is 3.55. The van der Waals surface area contributed by atoms with E-state index in [2.05, 4.69) is 0 Å². The van der Waals surface area contributed by atoms with E-state index in [9.17, 15) is 14.4 Å². The zero-order chi connectivity index (χ0) is 23.4. The molecule has 2 aromatic carbocycles. The van der Waals surface area contributed by atoms with Crippen molar-refractivity contribution in [1.82, 2.24) is 9.47 Å². The fraction of sp³-hybridized carbons (Fsp3) is 0.222. The van der Waals surface area contributed by atoms with Crippen LogP contribution in [0.15, 0.2) is 80.7 Å². The molecule has 170 valence electrons. The number of benzene rings is 2. The minimum absolute atomic E-state index is 0.0248. The van der Waals surface area contributed by atoms with Crippen LogP contribution < -0.4 is 11.2 Å². The summed E-state index contributed by atoms with van der Waals surface area (Å²) in [4.78, 5) is 40.2. The first-order valence-electron chi connectivity index (χ1n) is 11.3. The maximum atomic E-state index is 13.5. The maximum absolute atomic E-state index is 13.5. The predicted molar refractivity (Wildman–Crippen MR) is 130 cm³/mol. The number of hydrogen-bond donors (Lipinski definition) is 0. The van der Waals surface area contributed by atoms with Gasteiger partial charge < -0.3 is 13.9 Å². The third-order valence-corrected chi connectivity index (χ3v) is 7.16. The van der Waals surface area contributed by atoms with E-state index in [1.54, 1.807) is 60.7 Å². The Labute approximate surface area is 200 Å². The quantitative estimate of drug-likeness (QED) is 0.429. The molecule has 34 heavy (non-hydrogen) atoms. The smallest absolute Gasteiger partial charge is 0.344 e. The first-order valence-corrected chi connectivity index (χ1v) is 11.7. The summed E-state index contributed by atoms with van der Waals surface area (Å²) in [6.45, 7) is 1.82. The Kier molecular flexibility index (Phi) is 4.92. The molecule has 2 bridgehead atoms. The largest absolute Gasteiger partial charge is 0.422 e. The molecule has 0 saturated carbocycles. The van der Waals surface area contributed by atoms with Crippen LogP contribution in [-0.4, -0.2) is 28.5 Å². The fourth-order valence-corrected chi connectivity index (χ4v) is 5.45. The monoisotopic (exact) mass is 472 g/mol. The number of carbonyl (C=O) groups is 1. The Morgan fingerprint density at radius 1 is 0.941 bits per heavy atom. The number of nitrogens with zero attached hydrogens (tertiary/aromatic N) is 2. The minimum atomic E-state index is -0.448. The van der Waals surface area contributed by atoms with E-state index in [1.807, 2.05) is 15.5 Å². The molecule has 2 atom stereocenters. The number of likely N-dealkylation sites (tertiary alicyclic amines) is 1. The summed E-state index contributed by atoms with van der Waals surface area (Å²) in [5.41, 5.74) is 1.85. The standard InChI is InChI=1S/C27H21ClN2O4/c28-21-7-4-17(5-8-21)24-12-19-11-18(6-9-22(19)27(33)34-24)26(32)29-13-16-10-20(15-29)23-2-1-3-25(31)30(23)14-16/h1-9,11-12,16,20H,10,13-15H2. The SMILES string of the molecule is O=C(c1ccc2c(=O)oc(-c3ccc(Cl)cc3)cc2c1)N1CC2CC(C1)c1cccc(=O)n1C2. The number of pyridine rings is 1. The maximum Gasteiger partial charge on any atom is 0.344 e. The second-order valence-corrected chi connectivity index (χ2v) is 9.55. The van der Waals surface area contributed by atoms with Crippen molar-refractivity contribution in [2.75, 3.05) is 13.1 Å². The number of halogens is 1. The normalized spacial score (nSPS) is 19.1. The number of fused-ring (bicyclic) bond motifs is 5. The molecule has 7 heteroatoms. The molecule has 4 aromatic rings. The molecule has 0 spiro atoms. The first-order chi connectivity index (χ1) is 16.5. The van der Waals surface area contributed by atoms with Gasteiger partial charge in [-0.15, -0.1) is 0 Å². The van der Waals surface area contributed by atoms with Crippen LogP contribution in [0.1, 0.15) is 28.4 Å². The number of carbonyl (C=O) groups excluding carboxylic acids is 1. The average molecular weight is 473 g/mol. The number of amides is 1. The van der Waals surface area contributed by atoms with E-state index in [-0.39, 0.29) is 23.3 Å². The summed E-state index contributed by atoms with van der Waals surface area (Å²) in [5.74, 6) is 0.756. The highest BCUT2D eigenvalue weighted by atomic mass is 35.5. The Morgan fingerprint density at radius 2 is 1.76 bits per heavy atom. The van der Waals surface area contributed by atoms with E-state index < -0.39 is 5.63 Å². The Balaban J connectivity index is 1.33. The van der Waals surface area contributed by atoms with Crippen LogP contribution >= 0.6 is 11.6 Å². The van der Waals surface area contributed by atoms with Gasteiger partial charge in [0, 0.05) is 53.5 Å². The highest BCUT2D eigenvalue weighted by Crippen LogP contribution is 2.35. The molecule has 6 nitrogen and oxygen atoms in total. The lowest BCUT2D eigenvalue weighted by Crippen LogP contribution is -2.49. The van der Waals surface area contributed by atoms with E-state index in [0.29, 0.717) is 46.8 Å². The number of aromatic nitrogens is 1. The summed E-state index contributed by atoms with van der Waals surface area (Å²) < 4.78 is 7.36. The van der Waals surface area contributed by atoms with Gasteiger partial charge in [-0.3, -0.25) is 9.59 Å². The molecule has 2 aliphatic heterocycles. The Bertz CT molecular complexity index is 1550. The molecule has 2 aliphatic rings. The Hall–Kier alpha value is -3.64. The van der Waals surface area contributed by atoms with Gasteiger partial charge in [-0.05, 0) is 72.3 Å². The van der Waals surface area contributed by atoms with Crippen molar-refractivity contribution in [2.45, 2.75) is 18.9 Å². The molecule has 6 rings (SSSR count). The van der Waals surface area contributed by atoms with Crippen LogP contribution in [0.5, 0.6) is 0 Å². The molecular weight excluding hydrogens is 452 g/mol. The van der Waals surface area contributed by atoms with Gasteiger partial charge in [0.05, 0.1) is 5.39 Å². The zero-order valence-corrected chi connectivity index (χ0v) is 19.0. The molecular formula is C27H21ClN2O4. The van der Waals surface area contributed by atoms with Crippen molar-refractivity contribution >= 4 is 28.3 Å². The summed E-state index contributed by atoms with van der Waals surface area (Å²) in [7, 11) is 0. The molecule has 1 saturated heterocycles. The Morgan fingerprint density at radius 3 is 2.59 bits per heavy atom. The second kappa shape index (κ2) is 7.99. The van der Waals surface area contributed by atoms with Gasteiger partial charge in [0.1, 0.15) is 5.76 Å². The molecule has 1 amide bonds. The van der Waals surface area contributed by atoms with Crippen molar-refractivity contribution in [3.63, 3.8) is 0 Å². The van der Waals surface area contributed by atoms with Crippen molar-refractivity contribution in [3.8, 4) is 11.3 Å². The fourth-order valence-electron chi connectivity index (χ4n) is 5.33. The van der Waals surface area contributed by atoms with E-state index >= 15 is 0 Å². The molecule has 1 fully saturated rings. The molecule has 2 unspecified atom stereocenters. The second-order valence-electron chi connectivity index (χ2n) is 9.12. The molecule has 2 aromatic heterocycles. The summed E-state index contributed by atoms with van der Waals surface area (Å²) in [6.07, 6.45) is 0.983. The lowest BCUT2D eigenvalue weighted by atomic mass is 9.83. The van der Waals surface area contributed by atoms with Gasteiger partial charge in [0.15, 0.2) is 0 Å². The third-order valence-electron chi connectivity index (χ3n) is 6.90. The predicted octanol–water partition coefficient (Wildman–Crippen LogP) is 4.53. The minimum Gasteiger partial charge on any atom is -0.422 e. The van der Waals surface area contributed by atoms with Crippen LogP contribution in [0.4, 0.5) is 0 Å². The van der Waals surface area contributed by atoms with Crippen LogP contribution in [0.3, 0.4) is 0 Å². The summed E-state index contributed by atoms with van der Waals surface area (Å²) >= 11 is 5.97. The first kappa shape index (κ1) is 20.9. The van der Waals surface area contributed by atoms with Crippen molar-refractivity contribution in [3.05, 3.63) is 104 Å². The van der Waals surface area contributed by atoms with Gasteiger partial charge in [-0.25, -0.2) is 4.79 Å². The topological polar surface area (TPSA) is 72.5 Å². The van der Waals surface area contributed by atoms with E-state index in [1.165, 1.54) is 0 Å². The van der Waals surface area contributed by atoms with Gasteiger partial charge in [0.2, 0.25) is 0 Å².